The third kappa shape index (κ3) is 4.17. The first-order chi connectivity index (χ1) is 20.2. The number of hydrogen-bond donors (Lipinski definition) is 0. The minimum absolute atomic E-state index is 0.0330. The van der Waals surface area contributed by atoms with E-state index in [1.807, 2.05) is 25.1 Å². The number of furan rings is 1. The molecule has 2 aromatic carbocycles. The number of rotatable bonds is 6. The van der Waals surface area contributed by atoms with Crippen molar-refractivity contribution in [1.29, 1.82) is 0 Å². The van der Waals surface area contributed by atoms with Crippen LogP contribution in [0.4, 0.5) is 0 Å². The van der Waals surface area contributed by atoms with E-state index in [-0.39, 0.29) is 27.6 Å². The highest BCUT2D eigenvalue weighted by atomic mass is 16.6. The molecule has 5 nitrogen and oxygen atoms in total. The number of fused-ring (bicyclic) bond motifs is 6. The zero-order valence-electron chi connectivity index (χ0n) is 25.7. The van der Waals surface area contributed by atoms with Crippen molar-refractivity contribution in [1.82, 2.24) is 0 Å². The average molecular weight is 568 g/mol. The molecule has 2 bridgehead atoms. The topological polar surface area (TPSA) is 61.0 Å². The Morgan fingerprint density at radius 2 is 1.81 bits per heavy atom. The van der Waals surface area contributed by atoms with Crippen LogP contribution in [0, 0.1) is 33.5 Å². The molecule has 0 radical (unpaired) electrons. The SMILES string of the molecule is CCOC(=O)[C@]1(C)CCC[C@@]2(C)[C@@H]3CC[C@@]4(C)C[C@]3(CC[C@@H]21)C/C4=N\OC/C=C/c1ccc2oc3ccccc3c2c1. The Kier molecular flexibility index (Phi) is 6.60. The maximum atomic E-state index is 13.2. The molecular formula is C37H45NO4. The normalized spacial score (nSPS) is 36.8. The number of carbonyl (C=O) groups excluding carboxylic acids is 1. The number of para-hydroxylation sites is 1. The Bertz CT molecular complexity index is 1580. The van der Waals surface area contributed by atoms with Gasteiger partial charge in [-0.25, -0.2) is 0 Å². The molecule has 5 heteroatoms. The van der Waals surface area contributed by atoms with Crippen molar-refractivity contribution in [2.75, 3.05) is 13.2 Å². The summed E-state index contributed by atoms with van der Waals surface area (Å²) >= 11 is 0. The largest absolute Gasteiger partial charge is 0.466 e. The van der Waals surface area contributed by atoms with E-state index in [1.54, 1.807) is 0 Å². The summed E-state index contributed by atoms with van der Waals surface area (Å²) in [6.07, 6.45) is 14.4. The molecule has 222 valence electrons. The molecule has 6 atom stereocenters. The Balaban J connectivity index is 1.05. The number of esters is 1. The zero-order chi connectivity index (χ0) is 29.2. The summed E-state index contributed by atoms with van der Waals surface area (Å²) in [5, 5.41) is 7.10. The van der Waals surface area contributed by atoms with Crippen LogP contribution in [-0.4, -0.2) is 24.9 Å². The molecule has 0 saturated heterocycles. The van der Waals surface area contributed by atoms with E-state index < -0.39 is 0 Å². The minimum atomic E-state index is -0.356. The molecule has 4 fully saturated rings. The van der Waals surface area contributed by atoms with E-state index >= 15 is 0 Å². The number of ether oxygens (including phenoxy) is 1. The molecular weight excluding hydrogens is 522 g/mol. The van der Waals surface area contributed by atoms with Crippen LogP contribution < -0.4 is 0 Å². The molecule has 7 rings (SSSR count). The fourth-order valence-electron chi connectivity index (χ4n) is 10.4. The van der Waals surface area contributed by atoms with Crippen LogP contribution in [0.25, 0.3) is 28.0 Å². The van der Waals surface area contributed by atoms with Gasteiger partial charge in [0.2, 0.25) is 0 Å². The fourth-order valence-corrected chi connectivity index (χ4v) is 10.4. The number of carbonyl (C=O) groups is 1. The molecule has 42 heavy (non-hydrogen) atoms. The van der Waals surface area contributed by atoms with Crippen LogP contribution in [0.5, 0.6) is 0 Å². The summed E-state index contributed by atoms with van der Waals surface area (Å²) in [6.45, 7) is 9.99. The van der Waals surface area contributed by atoms with Crippen LogP contribution in [-0.2, 0) is 14.4 Å². The van der Waals surface area contributed by atoms with Gasteiger partial charge in [0.1, 0.15) is 17.8 Å². The second-order valence-electron chi connectivity index (χ2n) is 14.5. The van der Waals surface area contributed by atoms with Crippen molar-refractivity contribution in [3.63, 3.8) is 0 Å². The van der Waals surface area contributed by atoms with Gasteiger partial charge >= 0.3 is 5.97 Å². The van der Waals surface area contributed by atoms with Gasteiger partial charge in [0.25, 0.3) is 0 Å². The lowest BCUT2D eigenvalue weighted by Crippen LogP contribution is -2.58. The molecule has 4 aliphatic rings. The van der Waals surface area contributed by atoms with Crippen molar-refractivity contribution in [2.24, 2.45) is 38.7 Å². The van der Waals surface area contributed by atoms with Gasteiger partial charge in [-0.2, -0.15) is 0 Å². The van der Waals surface area contributed by atoms with Gasteiger partial charge in [0, 0.05) is 16.2 Å². The highest BCUT2D eigenvalue weighted by molar-refractivity contribution is 6.05. The molecule has 1 spiro atoms. The summed E-state index contributed by atoms with van der Waals surface area (Å²) in [6, 6.07) is 14.5. The van der Waals surface area contributed by atoms with Crippen molar-refractivity contribution in [3.8, 4) is 0 Å². The second kappa shape index (κ2) is 9.99. The van der Waals surface area contributed by atoms with E-state index in [0.29, 0.717) is 25.0 Å². The van der Waals surface area contributed by atoms with Crippen molar-refractivity contribution >= 4 is 39.7 Å². The Morgan fingerprint density at radius 1 is 1.00 bits per heavy atom. The van der Waals surface area contributed by atoms with E-state index in [4.69, 9.17) is 19.1 Å². The molecule has 0 aliphatic heterocycles. The summed E-state index contributed by atoms with van der Waals surface area (Å²) in [7, 11) is 0. The first-order valence-electron chi connectivity index (χ1n) is 16.2. The van der Waals surface area contributed by atoms with Crippen LogP contribution in [0.15, 0.2) is 58.1 Å². The third-order valence-electron chi connectivity index (χ3n) is 12.2. The maximum Gasteiger partial charge on any atom is 0.312 e. The van der Waals surface area contributed by atoms with E-state index in [9.17, 15) is 4.79 Å². The van der Waals surface area contributed by atoms with Gasteiger partial charge < -0.3 is 14.0 Å². The number of hydrogen-bond acceptors (Lipinski definition) is 5. The minimum Gasteiger partial charge on any atom is -0.466 e. The standard InChI is InChI=1S/C37H45NO4/c1-5-40-33(39)36(4)18-9-17-35(3)30(36)16-20-37-23-32(34(2,24-37)19-15-31(35)37)38-41-21-8-10-25-13-14-29-27(22-25)26-11-6-7-12-28(26)42-29/h6-8,10-14,22,30-31H,5,9,15-21,23-24H2,1-4H3/b10-8+,38-32+/t30-,31-,34-,35+,36+,37-/m0/s1. The summed E-state index contributed by atoms with van der Waals surface area (Å²) in [5.41, 5.74) is 4.45. The van der Waals surface area contributed by atoms with Crippen molar-refractivity contribution < 1.29 is 18.8 Å². The number of benzene rings is 2. The van der Waals surface area contributed by atoms with Gasteiger partial charge in [0.15, 0.2) is 0 Å². The molecule has 1 aromatic heterocycles. The first-order valence-corrected chi connectivity index (χ1v) is 16.2. The highest BCUT2D eigenvalue weighted by Crippen LogP contribution is 2.73. The third-order valence-corrected chi connectivity index (χ3v) is 12.2. The molecule has 0 N–H and O–H groups in total. The number of oxime groups is 1. The molecule has 4 aliphatic carbocycles. The lowest BCUT2D eigenvalue weighted by molar-refractivity contribution is -0.187. The quantitative estimate of drug-likeness (QED) is 0.169. The van der Waals surface area contributed by atoms with Crippen LogP contribution >= 0.6 is 0 Å². The summed E-state index contributed by atoms with van der Waals surface area (Å²) in [4.78, 5) is 19.2. The summed E-state index contributed by atoms with van der Waals surface area (Å²) < 4.78 is 11.6. The van der Waals surface area contributed by atoms with Gasteiger partial charge in [-0.15, -0.1) is 0 Å². The van der Waals surface area contributed by atoms with Gasteiger partial charge in [0.05, 0.1) is 17.7 Å². The maximum absolute atomic E-state index is 13.2. The van der Waals surface area contributed by atoms with Crippen LogP contribution in [0.2, 0.25) is 0 Å². The van der Waals surface area contributed by atoms with Crippen LogP contribution in [0.3, 0.4) is 0 Å². The van der Waals surface area contributed by atoms with Gasteiger partial charge in [-0.3, -0.25) is 4.79 Å². The van der Waals surface area contributed by atoms with Crippen LogP contribution in [0.1, 0.15) is 91.0 Å². The van der Waals surface area contributed by atoms with Crippen molar-refractivity contribution in [2.45, 2.75) is 85.5 Å². The molecule has 0 unspecified atom stereocenters. The molecule has 1 heterocycles. The first kappa shape index (κ1) is 27.7. The Hall–Kier alpha value is -3.08. The zero-order valence-corrected chi connectivity index (χ0v) is 25.7. The van der Waals surface area contributed by atoms with Crippen molar-refractivity contribution in [3.05, 3.63) is 54.1 Å². The lowest BCUT2D eigenvalue weighted by atomic mass is 9.40. The van der Waals surface area contributed by atoms with Gasteiger partial charge in [-0.1, -0.05) is 55.8 Å². The summed E-state index contributed by atoms with van der Waals surface area (Å²) in [5.74, 6) is 1.07. The van der Waals surface area contributed by atoms with Gasteiger partial charge in [-0.05, 0) is 118 Å². The smallest absolute Gasteiger partial charge is 0.312 e. The molecule has 0 amide bonds. The average Bonchev–Trinajstić information content (AvgIpc) is 3.43. The highest BCUT2D eigenvalue weighted by Gasteiger charge is 2.67. The monoisotopic (exact) mass is 567 g/mol. The fraction of sp³-hybridized carbons (Fsp3) is 0.568. The number of nitrogens with zero attached hydrogens (tertiary/aromatic N) is 1. The van der Waals surface area contributed by atoms with E-state index in [2.05, 4.69) is 57.2 Å². The Labute approximate surface area is 249 Å². The van der Waals surface area contributed by atoms with E-state index in [0.717, 1.165) is 59.6 Å². The molecule has 4 saturated carbocycles. The van der Waals surface area contributed by atoms with E-state index in [1.165, 1.54) is 31.4 Å². The predicted octanol–water partition coefficient (Wildman–Crippen LogP) is 9.34. The Morgan fingerprint density at radius 3 is 2.67 bits per heavy atom. The second-order valence-corrected chi connectivity index (χ2v) is 14.5. The lowest BCUT2D eigenvalue weighted by Gasteiger charge is -2.64. The predicted molar refractivity (Wildman–Crippen MR) is 168 cm³/mol. The molecule has 3 aromatic rings.